The highest BCUT2D eigenvalue weighted by atomic mass is 79.9. The maximum atomic E-state index is 10.4. The van der Waals surface area contributed by atoms with Gasteiger partial charge in [-0.05, 0) is 6.42 Å². The first kappa shape index (κ1) is 12.0. The van der Waals surface area contributed by atoms with Gasteiger partial charge in [-0.1, -0.05) is 29.8 Å². The predicted molar refractivity (Wildman–Crippen MR) is 60.1 cm³/mol. The first-order valence-corrected chi connectivity index (χ1v) is 5.58. The quantitative estimate of drug-likeness (QED) is 0.481. The minimum atomic E-state index is -0.500. The molecular formula is C9H12BrN3O2. The molecular weight excluding hydrogens is 262 g/mol. The van der Waals surface area contributed by atoms with Crippen LogP contribution in [0, 0.1) is 10.1 Å². The van der Waals surface area contributed by atoms with Gasteiger partial charge in [0.25, 0.3) is 0 Å². The SMILES string of the molecule is CCC(Br)C(C)c1ncc([N+](=O)[O-])cn1. The molecule has 0 amide bonds. The van der Waals surface area contributed by atoms with Gasteiger partial charge in [0.1, 0.15) is 18.2 Å². The van der Waals surface area contributed by atoms with E-state index >= 15 is 0 Å². The number of hydrogen-bond donors (Lipinski definition) is 0. The molecule has 15 heavy (non-hydrogen) atoms. The van der Waals surface area contributed by atoms with Crippen molar-refractivity contribution in [3.63, 3.8) is 0 Å². The molecule has 1 aromatic heterocycles. The maximum absolute atomic E-state index is 10.4. The number of nitrogens with zero attached hydrogens (tertiary/aromatic N) is 3. The molecule has 0 bridgehead atoms. The van der Waals surface area contributed by atoms with Gasteiger partial charge in [0, 0.05) is 10.7 Å². The van der Waals surface area contributed by atoms with Crippen molar-refractivity contribution in [3.8, 4) is 0 Å². The third-order valence-corrected chi connectivity index (χ3v) is 3.65. The summed E-state index contributed by atoms with van der Waals surface area (Å²) in [6, 6.07) is 0. The summed E-state index contributed by atoms with van der Waals surface area (Å²) in [5, 5.41) is 10.4. The first-order chi connectivity index (χ1) is 7.06. The molecule has 0 aliphatic heterocycles. The van der Waals surface area contributed by atoms with Crippen molar-refractivity contribution in [2.75, 3.05) is 0 Å². The second kappa shape index (κ2) is 5.16. The number of nitro groups is 1. The molecule has 1 rings (SSSR count). The molecule has 0 fully saturated rings. The summed E-state index contributed by atoms with van der Waals surface area (Å²) in [4.78, 5) is 18.2. The molecule has 0 saturated carbocycles. The van der Waals surface area contributed by atoms with Crippen molar-refractivity contribution in [1.82, 2.24) is 9.97 Å². The Hall–Kier alpha value is -1.04. The van der Waals surface area contributed by atoms with Crippen molar-refractivity contribution in [2.45, 2.75) is 31.0 Å². The first-order valence-electron chi connectivity index (χ1n) is 4.66. The van der Waals surface area contributed by atoms with Crippen LogP contribution in [-0.2, 0) is 0 Å². The Morgan fingerprint density at radius 3 is 2.47 bits per heavy atom. The highest BCUT2D eigenvalue weighted by Gasteiger charge is 2.17. The van der Waals surface area contributed by atoms with E-state index in [0.717, 1.165) is 6.42 Å². The number of rotatable bonds is 4. The van der Waals surface area contributed by atoms with E-state index < -0.39 is 4.92 Å². The highest BCUT2D eigenvalue weighted by molar-refractivity contribution is 9.09. The summed E-state index contributed by atoms with van der Waals surface area (Å²) >= 11 is 3.51. The molecule has 1 aromatic rings. The molecule has 0 aromatic carbocycles. The maximum Gasteiger partial charge on any atom is 0.305 e. The van der Waals surface area contributed by atoms with E-state index in [1.54, 1.807) is 0 Å². The van der Waals surface area contributed by atoms with Crippen LogP contribution < -0.4 is 0 Å². The predicted octanol–water partition coefficient (Wildman–Crippen LogP) is 2.66. The van der Waals surface area contributed by atoms with Gasteiger partial charge in [0.15, 0.2) is 0 Å². The van der Waals surface area contributed by atoms with Crippen LogP contribution in [0.25, 0.3) is 0 Å². The van der Waals surface area contributed by atoms with Crippen molar-refractivity contribution >= 4 is 21.6 Å². The van der Waals surface area contributed by atoms with E-state index in [2.05, 4.69) is 32.8 Å². The monoisotopic (exact) mass is 273 g/mol. The Bertz CT molecular complexity index is 342. The molecule has 0 saturated heterocycles. The van der Waals surface area contributed by atoms with Crippen molar-refractivity contribution in [3.05, 3.63) is 28.3 Å². The number of aromatic nitrogens is 2. The van der Waals surface area contributed by atoms with Gasteiger partial charge in [0.05, 0.1) is 4.92 Å². The molecule has 82 valence electrons. The summed E-state index contributed by atoms with van der Waals surface area (Å²) in [6.07, 6.45) is 3.45. The lowest BCUT2D eigenvalue weighted by atomic mass is 10.1. The molecule has 0 aliphatic carbocycles. The molecule has 5 nitrogen and oxygen atoms in total. The topological polar surface area (TPSA) is 68.9 Å². The van der Waals surface area contributed by atoms with Crippen LogP contribution in [-0.4, -0.2) is 19.7 Å². The second-order valence-corrected chi connectivity index (χ2v) is 4.45. The summed E-state index contributed by atoms with van der Waals surface area (Å²) in [6.45, 7) is 4.05. The molecule has 0 N–H and O–H groups in total. The lowest BCUT2D eigenvalue weighted by Gasteiger charge is -2.14. The van der Waals surface area contributed by atoms with E-state index in [9.17, 15) is 10.1 Å². The Balaban J connectivity index is 2.84. The third kappa shape index (κ3) is 2.95. The van der Waals surface area contributed by atoms with E-state index in [0.29, 0.717) is 10.7 Å². The molecule has 1 heterocycles. The second-order valence-electron chi connectivity index (χ2n) is 3.27. The summed E-state index contributed by atoms with van der Waals surface area (Å²) < 4.78 is 0. The Kier molecular flexibility index (Phi) is 4.14. The van der Waals surface area contributed by atoms with E-state index in [-0.39, 0.29) is 11.6 Å². The van der Waals surface area contributed by atoms with Gasteiger partial charge in [-0.3, -0.25) is 10.1 Å². The fourth-order valence-electron chi connectivity index (χ4n) is 1.18. The van der Waals surface area contributed by atoms with Crippen LogP contribution in [0.3, 0.4) is 0 Å². The molecule has 6 heteroatoms. The lowest BCUT2D eigenvalue weighted by molar-refractivity contribution is -0.385. The molecule has 2 unspecified atom stereocenters. The smallest absolute Gasteiger partial charge is 0.258 e. The normalized spacial score (nSPS) is 14.6. The molecule has 0 spiro atoms. The Labute approximate surface area is 96.2 Å². The van der Waals surface area contributed by atoms with Gasteiger partial charge in [-0.2, -0.15) is 0 Å². The minimum absolute atomic E-state index is 0.0754. The van der Waals surface area contributed by atoms with Gasteiger partial charge in [-0.25, -0.2) is 9.97 Å². The zero-order valence-corrected chi connectivity index (χ0v) is 10.1. The van der Waals surface area contributed by atoms with Crippen LogP contribution in [0.4, 0.5) is 5.69 Å². The van der Waals surface area contributed by atoms with Crippen LogP contribution in [0.15, 0.2) is 12.4 Å². The fraction of sp³-hybridized carbons (Fsp3) is 0.556. The van der Waals surface area contributed by atoms with Crippen LogP contribution in [0.2, 0.25) is 0 Å². The minimum Gasteiger partial charge on any atom is -0.258 e. The summed E-state index contributed by atoms with van der Waals surface area (Å²) in [5.41, 5.74) is -0.0754. The third-order valence-electron chi connectivity index (χ3n) is 2.21. The zero-order chi connectivity index (χ0) is 11.4. The Morgan fingerprint density at radius 1 is 1.53 bits per heavy atom. The van der Waals surface area contributed by atoms with Gasteiger partial charge >= 0.3 is 5.69 Å². The van der Waals surface area contributed by atoms with Crippen LogP contribution in [0.1, 0.15) is 32.0 Å². The average molecular weight is 274 g/mol. The molecule has 0 radical (unpaired) electrons. The standard InChI is InChI=1S/C9H12BrN3O2/c1-3-8(10)6(2)9-11-4-7(5-12-9)13(14)15/h4-6,8H,3H2,1-2H3. The van der Waals surface area contributed by atoms with Gasteiger partial charge < -0.3 is 0 Å². The lowest BCUT2D eigenvalue weighted by Crippen LogP contribution is -2.11. The Morgan fingerprint density at radius 2 is 2.07 bits per heavy atom. The van der Waals surface area contributed by atoms with Crippen molar-refractivity contribution < 1.29 is 4.92 Å². The number of hydrogen-bond acceptors (Lipinski definition) is 4. The largest absolute Gasteiger partial charge is 0.305 e. The summed E-state index contributed by atoms with van der Waals surface area (Å²) in [7, 11) is 0. The van der Waals surface area contributed by atoms with E-state index in [1.165, 1.54) is 12.4 Å². The van der Waals surface area contributed by atoms with Crippen LogP contribution in [0.5, 0.6) is 0 Å². The molecule has 0 aliphatic rings. The summed E-state index contributed by atoms with van der Waals surface area (Å²) in [5.74, 6) is 0.778. The van der Waals surface area contributed by atoms with E-state index in [1.807, 2.05) is 6.92 Å². The molecule has 2 atom stereocenters. The number of halogens is 1. The fourth-order valence-corrected chi connectivity index (χ4v) is 1.41. The van der Waals surface area contributed by atoms with E-state index in [4.69, 9.17) is 0 Å². The van der Waals surface area contributed by atoms with Gasteiger partial charge in [0.2, 0.25) is 0 Å². The zero-order valence-electron chi connectivity index (χ0n) is 8.55. The van der Waals surface area contributed by atoms with Crippen molar-refractivity contribution in [2.24, 2.45) is 0 Å². The highest BCUT2D eigenvalue weighted by Crippen LogP contribution is 2.24. The van der Waals surface area contributed by atoms with Gasteiger partial charge in [-0.15, -0.1) is 0 Å². The van der Waals surface area contributed by atoms with Crippen molar-refractivity contribution in [1.29, 1.82) is 0 Å². The van der Waals surface area contributed by atoms with Crippen LogP contribution >= 0.6 is 15.9 Å². The number of alkyl halides is 1. The average Bonchev–Trinajstić information content (AvgIpc) is 2.27.